The summed E-state index contributed by atoms with van der Waals surface area (Å²) >= 11 is 0. The van der Waals surface area contributed by atoms with Gasteiger partial charge in [0.05, 0.1) is 12.0 Å². The van der Waals surface area contributed by atoms with Gasteiger partial charge >= 0.3 is 0 Å². The third-order valence-electron chi connectivity index (χ3n) is 6.13. The Morgan fingerprint density at radius 1 is 0.944 bits per heavy atom. The van der Waals surface area contributed by atoms with Gasteiger partial charge in [-0.2, -0.15) is 0 Å². The number of nitrogen functional groups attached to an aromatic ring is 1. The predicted molar refractivity (Wildman–Crippen MR) is 137 cm³/mol. The Hall–Kier alpha value is -4.24. The highest BCUT2D eigenvalue weighted by Crippen LogP contribution is 2.27. The van der Waals surface area contributed by atoms with Crippen LogP contribution in [0.3, 0.4) is 0 Å². The van der Waals surface area contributed by atoms with Gasteiger partial charge in [-0.1, -0.05) is 18.2 Å². The third-order valence-corrected chi connectivity index (χ3v) is 6.13. The van der Waals surface area contributed by atoms with Gasteiger partial charge in [-0.05, 0) is 59.2 Å². The van der Waals surface area contributed by atoms with Crippen molar-refractivity contribution < 1.29 is 13.2 Å². The summed E-state index contributed by atoms with van der Waals surface area (Å²) in [6.45, 7) is 3.64. The molecule has 9 heteroatoms. The zero-order valence-electron chi connectivity index (χ0n) is 19.6. The molecule has 0 spiro atoms. The number of aliphatic imine (C=N–C) groups is 1. The lowest BCUT2D eigenvalue weighted by atomic mass is 10.0. The maximum absolute atomic E-state index is 14.2. The first kappa shape index (κ1) is 23.5. The van der Waals surface area contributed by atoms with Crippen LogP contribution >= 0.6 is 0 Å². The highest BCUT2D eigenvalue weighted by atomic mass is 19.1. The van der Waals surface area contributed by atoms with E-state index < -0.39 is 11.6 Å². The molecule has 7 nitrogen and oxygen atoms in total. The predicted octanol–water partition coefficient (Wildman–Crippen LogP) is 4.56. The molecule has 2 aromatic heterocycles. The highest BCUT2D eigenvalue weighted by molar-refractivity contribution is 5.96. The fraction of sp³-hybridized carbons (Fsp3) is 0.185. The van der Waals surface area contributed by atoms with Crippen molar-refractivity contribution in [2.24, 2.45) is 10.7 Å². The van der Waals surface area contributed by atoms with E-state index in [1.54, 1.807) is 18.2 Å². The van der Waals surface area contributed by atoms with Gasteiger partial charge in [0.15, 0.2) is 17.4 Å². The normalized spacial score (nSPS) is 14.8. The van der Waals surface area contributed by atoms with Crippen molar-refractivity contribution in [3.8, 4) is 11.1 Å². The quantitative estimate of drug-likeness (QED) is 0.305. The summed E-state index contributed by atoms with van der Waals surface area (Å²) < 4.78 is 32.7. The number of aromatic nitrogens is 1. The first-order valence-electron chi connectivity index (χ1n) is 11.6. The number of hydrogen-bond acceptors (Lipinski definition) is 6. The average molecular weight is 489 g/mol. The van der Waals surface area contributed by atoms with Crippen LogP contribution < -0.4 is 16.4 Å². The van der Waals surface area contributed by atoms with E-state index in [2.05, 4.69) is 27.0 Å². The van der Waals surface area contributed by atoms with Crippen molar-refractivity contribution >= 4 is 23.2 Å². The van der Waals surface area contributed by atoms with Crippen LogP contribution in [-0.4, -0.2) is 41.9 Å². The Bertz CT molecular complexity index is 1380. The summed E-state index contributed by atoms with van der Waals surface area (Å²) in [7, 11) is 0. The fourth-order valence-corrected chi connectivity index (χ4v) is 4.36. The van der Waals surface area contributed by atoms with Crippen LogP contribution in [0.1, 0.15) is 11.3 Å². The molecule has 0 amide bonds. The van der Waals surface area contributed by atoms with Crippen molar-refractivity contribution in [3.63, 3.8) is 0 Å². The molecule has 1 aliphatic heterocycles. The molecule has 0 unspecified atom stereocenters. The van der Waals surface area contributed by atoms with E-state index in [9.17, 15) is 8.78 Å². The second kappa shape index (κ2) is 10.2. The molecule has 4 N–H and O–H groups in total. The molecule has 1 fully saturated rings. The van der Waals surface area contributed by atoms with Crippen molar-refractivity contribution in [2.75, 3.05) is 36.8 Å². The molecule has 184 valence electrons. The van der Waals surface area contributed by atoms with Gasteiger partial charge in [0.1, 0.15) is 17.5 Å². The smallest absolute Gasteiger partial charge is 0.169 e. The molecule has 3 heterocycles. The summed E-state index contributed by atoms with van der Waals surface area (Å²) in [5.41, 5.74) is 15.5. The third kappa shape index (κ3) is 5.36. The Morgan fingerprint density at radius 3 is 2.53 bits per heavy atom. The zero-order valence-corrected chi connectivity index (χ0v) is 19.6. The standard InChI is InChI=1S/C27H26F2N6O/c28-21-6-7-23(22(29)16-21)35-10-8-34(9-11-35)17-18-3-1-4-19(13-18)20-14-25(30)32-26(15-20)33-27(31)24-5-2-12-36-24/h1-7,12-16H,8-11,17H2,(H4,30,31,32,33). The van der Waals surface area contributed by atoms with Crippen LogP contribution in [0.2, 0.25) is 0 Å². The summed E-state index contributed by atoms with van der Waals surface area (Å²) in [6, 6.07) is 19.0. The topological polar surface area (TPSA) is 96.9 Å². The molecule has 0 saturated carbocycles. The number of nitrogens with zero attached hydrogens (tertiary/aromatic N) is 4. The fourth-order valence-electron chi connectivity index (χ4n) is 4.36. The van der Waals surface area contributed by atoms with Crippen molar-refractivity contribution in [2.45, 2.75) is 6.54 Å². The van der Waals surface area contributed by atoms with Gasteiger partial charge in [-0.3, -0.25) is 4.90 Å². The van der Waals surface area contributed by atoms with Crippen LogP contribution in [0.25, 0.3) is 11.1 Å². The number of nitrogens with two attached hydrogens (primary N) is 2. The maximum Gasteiger partial charge on any atom is 0.169 e. The molecule has 0 aliphatic carbocycles. The molecular weight excluding hydrogens is 462 g/mol. The monoisotopic (exact) mass is 488 g/mol. The molecule has 0 bridgehead atoms. The molecule has 1 aliphatic rings. The minimum absolute atomic E-state index is 0.220. The van der Waals surface area contributed by atoms with E-state index in [0.29, 0.717) is 36.2 Å². The minimum Gasteiger partial charge on any atom is -0.461 e. The Morgan fingerprint density at radius 2 is 1.78 bits per heavy atom. The summed E-state index contributed by atoms with van der Waals surface area (Å²) in [4.78, 5) is 12.9. The van der Waals surface area contributed by atoms with Gasteiger partial charge in [0, 0.05) is 38.8 Å². The van der Waals surface area contributed by atoms with Gasteiger partial charge in [0.2, 0.25) is 0 Å². The Kier molecular flexibility index (Phi) is 6.64. The second-order valence-corrected chi connectivity index (χ2v) is 8.67. The Labute approximate surface area is 207 Å². The molecule has 5 rings (SSSR count). The number of furan rings is 1. The van der Waals surface area contributed by atoms with E-state index >= 15 is 0 Å². The molecule has 4 aromatic rings. The Balaban J connectivity index is 1.28. The zero-order chi connectivity index (χ0) is 25.1. The number of amidine groups is 1. The number of benzene rings is 2. The largest absolute Gasteiger partial charge is 0.461 e. The van der Waals surface area contributed by atoms with E-state index in [4.69, 9.17) is 15.9 Å². The molecule has 0 radical (unpaired) electrons. The van der Waals surface area contributed by atoms with Crippen LogP contribution in [0.5, 0.6) is 0 Å². The second-order valence-electron chi connectivity index (χ2n) is 8.67. The number of piperazine rings is 1. The van der Waals surface area contributed by atoms with E-state index in [0.717, 1.165) is 42.4 Å². The molecule has 0 atom stereocenters. The molecule has 36 heavy (non-hydrogen) atoms. The van der Waals surface area contributed by atoms with Crippen molar-refractivity contribution in [3.05, 3.63) is 96.0 Å². The van der Waals surface area contributed by atoms with E-state index in [1.165, 1.54) is 18.4 Å². The van der Waals surface area contributed by atoms with Gasteiger partial charge in [0.25, 0.3) is 0 Å². The van der Waals surface area contributed by atoms with Crippen LogP contribution in [0.15, 0.2) is 82.4 Å². The number of halogens is 2. The number of pyridine rings is 1. The summed E-state index contributed by atoms with van der Waals surface area (Å²) in [5.74, 6) is 0.331. The lowest BCUT2D eigenvalue weighted by Gasteiger charge is -2.36. The molecule has 1 saturated heterocycles. The first-order chi connectivity index (χ1) is 17.4. The van der Waals surface area contributed by atoms with E-state index in [1.807, 2.05) is 23.1 Å². The minimum atomic E-state index is -0.564. The number of rotatable bonds is 6. The van der Waals surface area contributed by atoms with Crippen molar-refractivity contribution in [1.29, 1.82) is 0 Å². The average Bonchev–Trinajstić information content (AvgIpc) is 3.40. The summed E-state index contributed by atoms with van der Waals surface area (Å²) in [5, 5.41) is 0. The highest BCUT2D eigenvalue weighted by Gasteiger charge is 2.20. The SMILES string of the molecule is N/C(=N\c1cc(-c2cccc(CN3CCN(c4ccc(F)cc4F)CC3)c2)cc(N)n1)c1ccco1. The van der Waals surface area contributed by atoms with Crippen LogP contribution in [-0.2, 0) is 6.54 Å². The summed E-state index contributed by atoms with van der Waals surface area (Å²) in [6.07, 6.45) is 1.53. The maximum atomic E-state index is 14.2. The molecule has 2 aromatic carbocycles. The lowest BCUT2D eigenvalue weighted by molar-refractivity contribution is 0.249. The van der Waals surface area contributed by atoms with Gasteiger partial charge in [-0.25, -0.2) is 18.8 Å². The first-order valence-corrected chi connectivity index (χ1v) is 11.6. The van der Waals surface area contributed by atoms with Crippen LogP contribution in [0, 0.1) is 11.6 Å². The van der Waals surface area contributed by atoms with Gasteiger partial charge < -0.3 is 20.8 Å². The van der Waals surface area contributed by atoms with Crippen LogP contribution in [0.4, 0.5) is 26.1 Å². The number of anilines is 2. The van der Waals surface area contributed by atoms with Crippen molar-refractivity contribution in [1.82, 2.24) is 9.88 Å². The lowest BCUT2D eigenvalue weighted by Crippen LogP contribution is -2.46. The molecular formula is C27H26F2N6O. The van der Waals surface area contributed by atoms with Gasteiger partial charge in [-0.15, -0.1) is 0 Å². The number of hydrogen-bond donors (Lipinski definition) is 2. The van der Waals surface area contributed by atoms with E-state index in [-0.39, 0.29) is 5.84 Å².